The van der Waals surface area contributed by atoms with Crippen LogP contribution in [0.2, 0.25) is 0 Å². The van der Waals surface area contributed by atoms with Gasteiger partial charge in [-0.2, -0.15) is 0 Å². The number of methoxy groups -OCH3 is 1. The first-order valence-corrected chi connectivity index (χ1v) is 14.6. The number of ketones is 1. The lowest BCUT2D eigenvalue weighted by Crippen LogP contribution is -2.57. The molecule has 0 unspecified atom stereocenters. The summed E-state index contributed by atoms with van der Waals surface area (Å²) < 4.78 is 10.8. The highest BCUT2D eigenvalue weighted by Gasteiger charge is 2.74. The zero-order valence-electron chi connectivity index (χ0n) is 23.5. The van der Waals surface area contributed by atoms with Crippen LogP contribution in [0, 0.1) is 17.8 Å². The molecule has 2 bridgehead atoms. The van der Waals surface area contributed by atoms with E-state index in [0.717, 1.165) is 4.90 Å². The maximum atomic E-state index is 14.3. The first-order valence-electron chi connectivity index (χ1n) is 13.8. The molecule has 1 fully saturated rings. The van der Waals surface area contributed by atoms with Crippen molar-refractivity contribution in [1.82, 2.24) is 4.90 Å². The molecule has 216 valence electrons. The van der Waals surface area contributed by atoms with Gasteiger partial charge < -0.3 is 9.47 Å². The summed E-state index contributed by atoms with van der Waals surface area (Å²) in [5, 5.41) is 0. The molecule has 3 aliphatic carbocycles. The molecule has 0 spiro atoms. The first-order chi connectivity index (χ1) is 20.0. The van der Waals surface area contributed by atoms with Crippen molar-refractivity contribution in [3.8, 4) is 5.75 Å². The average Bonchev–Trinajstić information content (AvgIpc) is 3.26. The van der Waals surface area contributed by atoms with Gasteiger partial charge in [0.2, 0.25) is 17.6 Å². The lowest BCUT2D eigenvalue weighted by molar-refractivity contribution is -0.162. The van der Waals surface area contributed by atoms with E-state index in [1.165, 1.54) is 14.0 Å². The number of carbonyl (C=O) groups excluding carboxylic acids is 4. The van der Waals surface area contributed by atoms with E-state index in [1.807, 2.05) is 48.5 Å². The molecule has 2 amide bonds. The minimum absolute atomic E-state index is 0.330. The summed E-state index contributed by atoms with van der Waals surface area (Å²) in [6.45, 7) is 4.90. The van der Waals surface area contributed by atoms with Crippen LogP contribution in [0.5, 0.6) is 5.75 Å². The molecular formula is C33H29Cl2NO6. The second-order valence-electron chi connectivity index (χ2n) is 11.4. The van der Waals surface area contributed by atoms with Crippen LogP contribution in [0.4, 0.5) is 0 Å². The highest BCUT2D eigenvalue weighted by molar-refractivity contribution is 6.36. The fraction of sp³-hybridized carbons (Fsp3) is 0.333. The SMILES string of the molecule is COc1ccc(C(=O)[C@@H](C)OC(=O)[C@H](C(C)C)N2C(=O)[C@@H]3[C@H](C2=O)C2(Cl)c4ccccc4C3(Cl)c3ccccc32)cc1. The van der Waals surface area contributed by atoms with Gasteiger partial charge in [0.25, 0.3) is 0 Å². The Balaban J connectivity index is 1.37. The van der Waals surface area contributed by atoms with E-state index in [0.29, 0.717) is 33.6 Å². The molecule has 3 aromatic rings. The largest absolute Gasteiger partial charge is 0.497 e. The van der Waals surface area contributed by atoms with Gasteiger partial charge in [-0.3, -0.25) is 19.3 Å². The van der Waals surface area contributed by atoms with Gasteiger partial charge in [0.15, 0.2) is 6.10 Å². The Morgan fingerprint density at radius 2 is 1.19 bits per heavy atom. The number of ether oxygens (including phenoxy) is 2. The zero-order valence-corrected chi connectivity index (χ0v) is 25.0. The number of alkyl halides is 2. The number of rotatable bonds is 7. The second-order valence-corrected chi connectivity index (χ2v) is 12.6. The number of likely N-dealkylation sites (tertiary alicyclic amines) is 1. The molecule has 42 heavy (non-hydrogen) atoms. The van der Waals surface area contributed by atoms with Gasteiger partial charge in [-0.25, -0.2) is 4.79 Å². The summed E-state index contributed by atoms with van der Waals surface area (Å²) >= 11 is 15.0. The smallest absolute Gasteiger partial charge is 0.330 e. The van der Waals surface area contributed by atoms with Gasteiger partial charge in [-0.15, -0.1) is 23.2 Å². The predicted molar refractivity (Wildman–Crippen MR) is 156 cm³/mol. The maximum Gasteiger partial charge on any atom is 0.330 e. The van der Waals surface area contributed by atoms with Crippen molar-refractivity contribution in [1.29, 1.82) is 0 Å². The van der Waals surface area contributed by atoms with Crippen LogP contribution in [0.15, 0.2) is 72.8 Å². The van der Waals surface area contributed by atoms with Crippen LogP contribution < -0.4 is 4.74 Å². The standard InChI is InChI=1S/C33H29Cl2NO6/c1-17(2)27(31(40)42-18(3)28(37)19-13-15-20(41-4)16-14-19)36-29(38)25-26(30(36)39)33(35)22-10-6-5-9-21(22)32(25,34)23-11-7-8-12-24(23)33/h5-18,25-27H,1-4H3/t18-,25-,26+,27+,32?,33?/m1/s1. The highest BCUT2D eigenvalue weighted by atomic mass is 35.5. The minimum Gasteiger partial charge on any atom is -0.497 e. The topological polar surface area (TPSA) is 90.0 Å². The molecule has 1 heterocycles. The van der Waals surface area contributed by atoms with Crippen LogP contribution in [-0.2, 0) is 28.9 Å². The molecule has 4 aliphatic rings. The Hall–Kier alpha value is -3.68. The number of hydrogen-bond donors (Lipinski definition) is 0. The Kier molecular flexibility index (Phi) is 6.74. The fourth-order valence-corrected chi connectivity index (χ4v) is 8.02. The van der Waals surface area contributed by atoms with Crippen molar-refractivity contribution >= 4 is 46.8 Å². The zero-order chi connectivity index (χ0) is 30.1. The number of benzene rings is 3. The van der Waals surface area contributed by atoms with Crippen molar-refractivity contribution < 1.29 is 28.7 Å². The third kappa shape index (κ3) is 3.72. The van der Waals surface area contributed by atoms with Gasteiger partial charge >= 0.3 is 5.97 Å². The molecule has 3 aromatic carbocycles. The summed E-state index contributed by atoms with van der Waals surface area (Å²) in [5.74, 6) is -4.47. The molecule has 4 atom stereocenters. The number of nitrogens with zero attached hydrogens (tertiary/aromatic N) is 1. The van der Waals surface area contributed by atoms with Crippen LogP contribution >= 0.6 is 23.2 Å². The number of halogens is 2. The van der Waals surface area contributed by atoms with Gasteiger partial charge in [0.05, 0.1) is 18.9 Å². The number of carbonyl (C=O) groups is 4. The van der Waals surface area contributed by atoms with Gasteiger partial charge in [-0.05, 0) is 59.4 Å². The maximum absolute atomic E-state index is 14.3. The molecule has 1 aliphatic heterocycles. The first kappa shape index (κ1) is 28.4. The third-order valence-electron chi connectivity index (χ3n) is 8.81. The molecule has 0 saturated carbocycles. The lowest BCUT2D eigenvalue weighted by Gasteiger charge is -2.54. The predicted octanol–water partition coefficient (Wildman–Crippen LogP) is 5.43. The van der Waals surface area contributed by atoms with Gasteiger partial charge in [0.1, 0.15) is 21.5 Å². The summed E-state index contributed by atoms with van der Waals surface area (Å²) in [6, 6.07) is 19.8. The van der Waals surface area contributed by atoms with E-state index in [4.69, 9.17) is 32.7 Å². The summed E-state index contributed by atoms with van der Waals surface area (Å²) in [7, 11) is 1.52. The van der Waals surface area contributed by atoms with E-state index < -0.39 is 63.2 Å². The quantitative estimate of drug-likeness (QED) is 0.154. The molecule has 7 rings (SSSR count). The van der Waals surface area contributed by atoms with Gasteiger partial charge in [0, 0.05) is 5.56 Å². The average molecular weight is 607 g/mol. The van der Waals surface area contributed by atoms with Crippen LogP contribution in [0.25, 0.3) is 0 Å². The Bertz CT molecular complexity index is 1510. The molecule has 0 aromatic heterocycles. The van der Waals surface area contributed by atoms with Crippen LogP contribution in [0.1, 0.15) is 53.4 Å². The van der Waals surface area contributed by atoms with Gasteiger partial charge in [-0.1, -0.05) is 62.4 Å². The third-order valence-corrected chi connectivity index (χ3v) is 10.1. The van der Waals surface area contributed by atoms with E-state index in [9.17, 15) is 19.2 Å². The van der Waals surface area contributed by atoms with Crippen molar-refractivity contribution in [2.45, 2.75) is 42.7 Å². The summed E-state index contributed by atoms with van der Waals surface area (Å²) in [6.07, 6.45) is -1.16. The van der Waals surface area contributed by atoms with E-state index in [1.54, 1.807) is 38.1 Å². The number of esters is 1. The van der Waals surface area contributed by atoms with Crippen molar-refractivity contribution in [3.05, 3.63) is 101 Å². The Morgan fingerprint density at radius 3 is 1.57 bits per heavy atom. The van der Waals surface area contributed by atoms with Crippen molar-refractivity contribution in [3.63, 3.8) is 0 Å². The summed E-state index contributed by atoms with van der Waals surface area (Å²) in [4.78, 5) is 53.7. The number of imide groups is 1. The van der Waals surface area contributed by atoms with E-state index in [-0.39, 0.29) is 0 Å². The molecule has 1 saturated heterocycles. The second kappa shape index (κ2) is 9.96. The molecular weight excluding hydrogens is 577 g/mol. The Labute approximate surface area is 253 Å². The monoisotopic (exact) mass is 605 g/mol. The molecule has 0 radical (unpaired) electrons. The van der Waals surface area contributed by atoms with Crippen molar-refractivity contribution in [2.24, 2.45) is 17.8 Å². The molecule has 7 nitrogen and oxygen atoms in total. The number of hydrogen-bond acceptors (Lipinski definition) is 6. The number of Topliss-reactive ketones (excluding diaryl/α,β-unsaturated/α-hetero) is 1. The van der Waals surface area contributed by atoms with E-state index >= 15 is 0 Å². The van der Waals surface area contributed by atoms with Crippen molar-refractivity contribution in [2.75, 3.05) is 7.11 Å². The fourth-order valence-electron chi connectivity index (χ4n) is 6.93. The summed E-state index contributed by atoms with van der Waals surface area (Å²) in [5.41, 5.74) is 3.02. The Morgan fingerprint density at radius 1 is 0.762 bits per heavy atom. The van der Waals surface area contributed by atoms with E-state index in [2.05, 4.69) is 0 Å². The minimum atomic E-state index is -1.36. The lowest BCUT2D eigenvalue weighted by atomic mass is 9.54. The van der Waals surface area contributed by atoms with Crippen LogP contribution in [0.3, 0.4) is 0 Å². The molecule has 0 N–H and O–H groups in total. The normalized spacial score (nSPS) is 26.8. The number of amides is 2. The molecule has 9 heteroatoms. The van der Waals surface area contributed by atoms with Crippen LogP contribution in [-0.4, -0.2) is 47.7 Å². The highest BCUT2D eigenvalue weighted by Crippen LogP contribution is 2.69.